The van der Waals surface area contributed by atoms with E-state index in [-0.39, 0.29) is 0 Å². The number of alkyl halides is 3. The van der Waals surface area contributed by atoms with Crippen LogP contribution in [0.15, 0.2) is 0 Å². The van der Waals surface area contributed by atoms with E-state index >= 15 is 0 Å². The highest BCUT2D eigenvalue weighted by Gasteiger charge is 2.29. The minimum Gasteiger partial charge on any atom is -0.352 e. The Bertz CT molecular complexity index is 153. The number of amides is 1. The van der Waals surface area contributed by atoms with E-state index in [1.54, 1.807) is 0 Å². The fourth-order valence-corrected chi connectivity index (χ4v) is 0.775. The second-order valence-electron chi connectivity index (χ2n) is 2.94. The molecule has 0 unspecified atom stereocenters. The van der Waals surface area contributed by atoms with Crippen LogP contribution in [0.3, 0.4) is 0 Å². The molecule has 0 aromatic rings. The van der Waals surface area contributed by atoms with Gasteiger partial charge in [-0.05, 0) is 12.3 Å². The Morgan fingerprint density at radius 1 is 1.42 bits per heavy atom. The lowest BCUT2D eigenvalue weighted by Crippen LogP contribution is -2.35. The Morgan fingerprint density at radius 3 is 2.25 bits per heavy atom. The zero-order valence-electron chi connectivity index (χ0n) is 7.03. The van der Waals surface area contributed by atoms with Gasteiger partial charge in [-0.2, -0.15) is 0 Å². The van der Waals surface area contributed by atoms with Crippen molar-refractivity contribution >= 4 is 40.7 Å². The molecule has 0 bridgehead atoms. The van der Waals surface area contributed by atoms with Crippen LogP contribution in [-0.2, 0) is 4.79 Å². The van der Waals surface area contributed by atoms with Crippen LogP contribution in [0.25, 0.3) is 0 Å². The highest BCUT2D eigenvalue weighted by atomic mass is 35.6. The average molecular weight is 233 g/mol. The van der Waals surface area contributed by atoms with Gasteiger partial charge < -0.3 is 5.32 Å². The lowest BCUT2D eigenvalue weighted by atomic mass is 10.1. The molecule has 2 nitrogen and oxygen atoms in total. The molecule has 0 aromatic carbocycles. The first-order valence-electron chi connectivity index (χ1n) is 3.69. The summed E-state index contributed by atoms with van der Waals surface area (Å²) in [5.41, 5.74) is 0. The van der Waals surface area contributed by atoms with Gasteiger partial charge in [0.25, 0.3) is 9.70 Å². The molecule has 72 valence electrons. The Morgan fingerprint density at radius 2 is 1.92 bits per heavy atom. The number of nitrogens with one attached hydrogen (secondary N) is 1. The maximum atomic E-state index is 10.9. The van der Waals surface area contributed by atoms with Gasteiger partial charge in [-0.15, -0.1) is 0 Å². The molecule has 0 saturated heterocycles. The normalized spacial score (nSPS) is 11.8. The number of carbonyl (C=O) groups is 1. The van der Waals surface area contributed by atoms with Crippen LogP contribution >= 0.6 is 34.8 Å². The molecule has 0 spiro atoms. The Kier molecular flexibility index (Phi) is 5.30. The smallest absolute Gasteiger partial charge is 0.272 e. The van der Waals surface area contributed by atoms with E-state index in [1.165, 1.54) is 0 Å². The molecule has 0 rings (SSSR count). The maximum absolute atomic E-state index is 10.9. The summed E-state index contributed by atoms with van der Waals surface area (Å²) in [6.45, 7) is 4.66. The van der Waals surface area contributed by atoms with Gasteiger partial charge >= 0.3 is 0 Å². The summed E-state index contributed by atoms with van der Waals surface area (Å²) in [5.74, 6) is -0.0335. The summed E-state index contributed by atoms with van der Waals surface area (Å²) in [7, 11) is 0. The third-order valence-electron chi connectivity index (χ3n) is 1.26. The monoisotopic (exact) mass is 231 g/mol. The largest absolute Gasteiger partial charge is 0.352 e. The second kappa shape index (κ2) is 5.15. The first-order valence-corrected chi connectivity index (χ1v) is 4.82. The minimum atomic E-state index is -1.84. The van der Waals surface area contributed by atoms with Gasteiger partial charge in [0.2, 0.25) is 0 Å². The van der Waals surface area contributed by atoms with Crippen LogP contribution in [0.5, 0.6) is 0 Å². The van der Waals surface area contributed by atoms with Gasteiger partial charge in [-0.1, -0.05) is 48.7 Å². The molecule has 0 atom stereocenters. The molecule has 12 heavy (non-hydrogen) atoms. The molecule has 0 heterocycles. The highest BCUT2D eigenvalue weighted by Crippen LogP contribution is 2.25. The zero-order valence-corrected chi connectivity index (χ0v) is 9.30. The molecular formula is C7H12Cl3NO. The first kappa shape index (κ1) is 12.3. The van der Waals surface area contributed by atoms with Gasteiger partial charge in [0, 0.05) is 6.54 Å². The SMILES string of the molecule is CC(C)CCNC(=O)C(Cl)(Cl)Cl. The molecule has 0 fully saturated rings. The molecular weight excluding hydrogens is 220 g/mol. The van der Waals surface area contributed by atoms with E-state index in [9.17, 15) is 4.79 Å². The first-order chi connectivity index (χ1) is 5.34. The van der Waals surface area contributed by atoms with Crippen LogP contribution in [0, 0.1) is 5.92 Å². The summed E-state index contributed by atoms with van der Waals surface area (Å²) >= 11 is 16.0. The van der Waals surface area contributed by atoms with E-state index in [2.05, 4.69) is 19.2 Å². The zero-order chi connectivity index (χ0) is 9.78. The summed E-state index contributed by atoms with van der Waals surface area (Å²) in [4.78, 5) is 10.9. The molecule has 1 amide bonds. The van der Waals surface area contributed by atoms with E-state index in [1.807, 2.05) is 0 Å². The van der Waals surface area contributed by atoms with Gasteiger partial charge in [-0.25, -0.2) is 0 Å². The van der Waals surface area contributed by atoms with Crippen molar-refractivity contribution < 1.29 is 4.79 Å². The van der Waals surface area contributed by atoms with E-state index in [4.69, 9.17) is 34.8 Å². The number of hydrogen-bond donors (Lipinski definition) is 1. The van der Waals surface area contributed by atoms with Crippen molar-refractivity contribution in [2.24, 2.45) is 5.92 Å². The van der Waals surface area contributed by atoms with Crippen molar-refractivity contribution in [1.29, 1.82) is 0 Å². The van der Waals surface area contributed by atoms with Crippen molar-refractivity contribution in [2.75, 3.05) is 6.54 Å². The molecule has 0 radical (unpaired) electrons. The molecule has 0 aliphatic rings. The Balaban J connectivity index is 3.59. The van der Waals surface area contributed by atoms with Gasteiger partial charge in [0.15, 0.2) is 0 Å². The lowest BCUT2D eigenvalue weighted by molar-refractivity contribution is -0.120. The maximum Gasteiger partial charge on any atom is 0.272 e. The van der Waals surface area contributed by atoms with Crippen molar-refractivity contribution in [3.8, 4) is 0 Å². The van der Waals surface area contributed by atoms with Crippen LogP contribution < -0.4 is 5.32 Å². The van der Waals surface area contributed by atoms with Crippen molar-refractivity contribution in [1.82, 2.24) is 5.32 Å². The standard InChI is InChI=1S/C7H12Cl3NO/c1-5(2)3-4-11-6(12)7(8,9)10/h5H,3-4H2,1-2H3,(H,11,12). The topological polar surface area (TPSA) is 29.1 Å². The van der Waals surface area contributed by atoms with Crippen LogP contribution in [0.1, 0.15) is 20.3 Å². The van der Waals surface area contributed by atoms with Gasteiger partial charge in [0.05, 0.1) is 0 Å². The van der Waals surface area contributed by atoms with E-state index in [0.717, 1.165) is 6.42 Å². The van der Waals surface area contributed by atoms with Crippen LogP contribution in [-0.4, -0.2) is 16.2 Å². The average Bonchev–Trinajstić information content (AvgIpc) is 1.84. The number of carbonyl (C=O) groups excluding carboxylic acids is 1. The summed E-state index contributed by atoms with van der Waals surface area (Å²) in [6, 6.07) is 0. The fraction of sp³-hybridized carbons (Fsp3) is 0.857. The molecule has 0 aliphatic carbocycles. The third kappa shape index (κ3) is 5.92. The number of hydrogen-bond acceptors (Lipinski definition) is 1. The van der Waals surface area contributed by atoms with E-state index < -0.39 is 9.70 Å². The molecule has 1 N–H and O–H groups in total. The van der Waals surface area contributed by atoms with Crippen molar-refractivity contribution in [3.63, 3.8) is 0 Å². The molecule has 5 heteroatoms. The predicted octanol–water partition coefficient (Wildman–Crippen LogP) is 2.52. The van der Waals surface area contributed by atoms with Crippen LogP contribution in [0.2, 0.25) is 0 Å². The van der Waals surface area contributed by atoms with E-state index in [0.29, 0.717) is 12.5 Å². The second-order valence-corrected chi connectivity index (χ2v) is 5.22. The summed E-state index contributed by atoms with van der Waals surface area (Å²) in [6.07, 6.45) is 0.881. The molecule has 0 aromatic heterocycles. The summed E-state index contributed by atoms with van der Waals surface area (Å²) < 4.78 is -1.84. The Hall–Kier alpha value is 0.340. The number of rotatable bonds is 3. The van der Waals surface area contributed by atoms with Gasteiger partial charge in [-0.3, -0.25) is 4.79 Å². The quantitative estimate of drug-likeness (QED) is 0.745. The molecule has 0 aliphatic heterocycles. The van der Waals surface area contributed by atoms with Crippen molar-refractivity contribution in [2.45, 2.75) is 24.1 Å². The van der Waals surface area contributed by atoms with Gasteiger partial charge in [0.1, 0.15) is 0 Å². The third-order valence-corrected chi connectivity index (χ3v) is 1.78. The lowest BCUT2D eigenvalue weighted by Gasteiger charge is -2.11. The van der Waals surface area contributed by atoms with Crippen molar-refractivity contribution in [3.05, 3.63) is 0 Å². The highest BCUT2D eigenvalue weighted by molar-refractivity contribution is 6.76. The minimum absolute atomic E-state index is 0.528. The fourth-order valence-electron chi connectivity index (χ4n) is 0.575. The van der Waals surface area contributed by atoms with Crippen LogP contribution in [0.4, 0.5) is 0 Å². The molecule has 0 saturated carbocycles. The Labute approximate surface area is 87.6 Å². The predicted molar refractivity (Wildman–Crippen MR) is 52.8 cm³/mol. The number of halogens is 3. The summed E-state index contributed by atoms with van der Waals surface area (Å²) in [5, 5.41) is 2.52.